The highest BCUT2D eigenvalue weighted by molar-refractivity contribution is 6.29. The number of aliphatic hydroxyl groups excluding tert-OH is 1. The van der Waals surface area contributed by atoms with E-state index in [0.717, 1.165) is 24.8 Å². The van der Waals surface area contributed by atoms with E-state index in [1.54, 1.807) is 7.11 Å². The average Bonchev–Trinajstić information content (AvgIpc) is 2.83. The predicted octanol–water partition coefficient (Wildman–Crippen LogP) is 1.47. The molecule has 0 saturated carbocycles. The second-order valence-electron chi connectivity index (χ2n) is 5.32. The molecule has 2 aliphatic rings. The molecule has 5 nitrogen and oxygen atoms in total. The third kappa shape index (κ3) is 2.63. The molecule has 0 amide bonds. The van der Waals surface area contributed by atoms with Crippen LogP contribution < -0.4 is 10.1 Å². The van der Waals surface area contributed by atoms with Gasteiger partial charge in [0, 0.05) is 24.3 Å². The number of hydrogen-bond acceptors (Lipinski definition) is 5. The lowest BCUT2D eigenvalue weighted by atomic mass is 10.0. The maximum Gasteiger partial charge on any atom is 0.219 e. The largest absolute Gasteiger partial charge is 0.481 e. The van der Waals surface area contributed by atoms with E-state index in [1.807, 2.05) is 6.07 Å². The summed E-state index contributed by atoms with van der Waals surface area (Å²) in [6, 6.07) is 2.11. The highest BCUT2D eigenvalue weighted by Gasteiger charge is 2.32. The first kappa shape index (κ1) is 14.1. The Balaban J connectivity index is 1.81. The molecule has 1 aromatic heterocycles. The van der Waals surface area contributed by atoms with Crippen LogP contribution in [0.4, 0.5) is 0 Å². The highest BCUT2D eigenvalue weighted by atomic mass is 35.5. The van der Waals surface area contributed by atoms with Crippen LogP contribution in [0.25, 0.3) is 0 Å². The minimum absolute atomic E-state index is 0.0556. The van der Waals surface area contributed by atoms with Crippen LogP contribution in [0.1, 0.15) is 30.0 Å². The van der Waals surface area contributed by atoms with Crippen molar-refractivity contribution < 1.29 is 14.6 Å². The smallest absolute Gasteiger partial charge is 0.219 e. The van der Waals surface area contributed by atoms with Gasteiger partial charge in [-0.1, -0.05) is 11.6 Å². The SMILES string of the molecule is COc1nc(Cl)cc2c1[C@H](NC1CCOC[C@H]1O)CC2. The van der Waals surface area contributed by atoms with E-state index in [9.17, 15) is 5.11 Å². The Hall–Kier alpha value is -0.880. The first-order valence-corrected chi connectivity index (χ1v) is 7.32. The van der Waals surface area contributed by atoms with Gasteiger partial charge in [0.05, 0.1) is 19.8 Å². The molecule has 1 fully saturated rings. The molecule has 3 atom stereocenters. The molecule has 2 N–H and O–H groups in total. The Labute approximate surface area is 123 Å². The second-order valence-corrected chi connectivity index (χ2v) is 5.71. The minimum Gasteiger partial charge on any atom is -0.481 e. The number of ether oxygens (including phenoxy) is 2. The fourth-order valence-electron chi connectivity index (χ4n) is 3.07. The lowest BCUT2D eigenvalue weighted by Gasteiger charge is -2.31. The molecule has 1 aliphatic heterocycles. The molecule has 1 aliphatic carbocycles. The van der Waals surface area contributed by atoms with Gasteiger partial charge in [-0.2, -0.15) is 0 Å². The number of halogens is 1. The van der Waals surface area contributed by atoms with Crippen LogP contribution in [0.15, 0.2) is 6.07 Å². The summed E-state index contributed by atoms with van der Waals surface area (Å²) in [6.07, 6.45) is 2.28. The number of fused-ring (bicyclic) bond motifs is 1. The standard InChI is InChI=1S/C14H19ClN2O3/c1-19-14-13-8(6-12(15)17-14)2-3-10(13)16-9-4-5-20-7-11(9)18/h6,9-11,16,18H,2-5,7H2,1H3/t9?,10-,11-/m1/s1. The summed E-state index contributed by atoms with van der Waals surface area (Å²) in [7, 11) is 1.61. The highest BCUT2D eigenvalue weighted by Crippen LogP contribution is 2.38. The summed E-state index contributed by atoms with van der Waals surface area (Å²) in [5, 5.41) is 14.0. The van der Waals surface area contributed by atoms with Gasteiger partial charge in [0.15, 0.2) is 0 Å². The van der Waals surface area contributed by atoms with Gasteiger partial charge in [0.1, 0.15) is 5.15 Å². The molecular weight excluding hydrogens is 280 g/mol. The lowest BCUT2D eigenvalue weighted by molar-refractivity contribution is -0.0304. The molecular formula is C14H19ClN2O3. The number of methoxy groups -OCH3 is 1. The van der Waals surface area contributed by atoms with Crippen molar-refractivity contribution in [1.82, 2.24) is 10.3 Å². The number of rotatable bonds is 3. The molecule has 1 saturated heterocycles. The van der Waals surface area contributed by atoms with E-state index >= 15 is 0 Å². The van der Waals surface area contributed by atoms with Gasteiger partial charge in [0.25, 0.3) is 0 Å². The van der Waals surface area contributed by atoms with Crippen molar-refractivity contribution in [3.05, 3.63) is 22.3 Å². The molecule has 1 aromatic rings. The van der Waals surface area contributed by atoms with Crippen LogP contribution in [0.3, 0.4) is 0 Å². The average molecular weight is 299 g/mol. The van der Waals surface area contributed by atoms with Crippen molar-refractivity contribution in [1.29, 1.82) is 0 Å². The van der Waals surface area contributed by atoms with E-state index in [1.165, 1.54) is 5.56 Å². The summed E-state index contributed by atoms with van der Waals surface area (Å²) in [4.78, 5) is 4.24. The quantitative estimate of drug-likeness (QED) is 0.828. The molecule has 20 heavy (non-hydrogen) atoms. The van der Waals surface area contributed by atoms with Crippen molar-refractivity contribution >= 4 is 11.6 Å². The molecule has 0 bridgehead atoms. The fraction of sp³-hybridized carbons (Fsp3) is 0.643. The summed E-state index contributed by atoms with van der Waals surface area (Å²) >= 11 is 6.00. The lowest BCUT2D eigenvalue weighted by Crippen LogP contribution is -2.47. The van der Waals surface area contributed by atoms with Crippen LogP contribution in [0.2, 0.25) is 5.15 Å². The molecule has 0 spiro atoms. The van der Waals surface area contributed by atoms with Gasteiger partial charge in [-0.05, 0) is 30.9 Å². The van der Waals surface area contributed by atoms with Crippen LogP contribution in [-0.2, 0) is 11.2 Å². The number of aryl methyl sites for hydroxylation is 1. The maximum atomic E-state index is 9.99. The monoisotopic (exact) mass is 298 g/mol. The molecule has 0 radical (unpaired) electrons. The zero-order chi connectivity index (χ0) is 14.1. The molecule has 1 unspecified atom stereocenters. The molecule has 3 rings (SSSR count). The van der Waals surface area contributed by atoms with Crippen molar-refractivity contribution in [3.63, 3.8) is 0 Å². The van der Waals surface area contributed by atoms with Crippen molar-refractivity contribution in [2.75, 3.05) is 20.3 Å². The number of nitrogens with zero attached hydrogens (tertiary/aromatic N) is 1. The molecule has 6 heteroatoms. The Kier molecular flexibility index (Phi) is 4.12. The van der Waals surface area contributed by atoms with Gasteiger partial charge < -0.3 is 19.9 Å². The Morgan fingerprint density at radius 2 is 2.35 bits per heavy atom. The van der Waals surface area contributed by atoms with E-state index in [2.05, 4.69) is 10.3 Å². The van der Waals surface area contributed by atoms with Gasteiger partial charge in [-0.25, -0.2) is 4.98 Å². The topological polar surface area (TPSA) is 63.6 Å². The van der Waals surface area contributed by atoms with Gasteiger partial charge in [-0.15, -0.1) is 0 Å². The minimum atomic E-state index is -0.459. The Morgan fingerprint density at radius 1 is 1.50 bits per heavy atom. The number of aliphatic hydroxyl groups is 1. The number of aromatic nitrogens is 1. The molecule has 110 valence electrons. The van der Waals surface area contributed by atoms with Crippen LogP contribution in [0.5, 0.6) is 5.88 Å². The number of pyridine rings is 1. The van der Waals surface area contributed by atoms with Crippen LogP contribution in [-0.4, -0.2) is 42.6 Å². The summed E-state index contributed by atoms with van der Waals surface area (Å²) in [6.45, 7) is 1.08. The predicted molar refractivity (Wildman–Crippen MR) is 75.2 cm³/mol. The van der Waals surface area contributed by atoms with Gasteiger partial charge in [0.2, 0.25) is 5.88 Å². The van der Waals surface area contributed by atoms with E-state index in [4.69, 9.17) is 21.1 Å². The third-order valence-corrected chi connectivity index (χ3v) is 4.26. The Bertz CT molecular complexity index is 498. The van der Waals surface area contributed by atoms with Crippen molar-refractivity contribution in [2.45, 2.75) is 37.5 Å². The normalized spacial score (nSPS) is 29.2. The van der Waals surface area contributed by atoms with E-state index in [-0.39, 0.29) is 12.1 Å². The van der Waals surface area contributed by atoms with Crippen molar-refractivity contribution in [2.24, 2.45) is 0 Å². The van der Waals surface area contributed by atoms with E-state index < -0.39 is 6.10 Å². The maximum absolute atomic E-state index is 9.99. The first-order valence-electron chi connectivity index (χ1n) is 6.94. The van der Waals surface area contributed by atoms with Crippen LogP contribution in [0, 0.1) is 0 Å². The zero-order valence-corrected chi connectivity index (χ0v) is 12.2. The Morgan fingerprint density at radius 3 is 3.10 bits per heavy atom. The van der Waals surface area contributed by atoms with Crippen LogP contribution >= 0.6 is 11.6 Å². The van der Waals surface area contributed by atoms with Gasteiger partial charge >= 0.3 is 0 Å². The third-order valence-electron chi connectivity index (χ3n) is 4.06. The molecule has 2 heterocycles. The zero-order valence-electron chi connectivity index (χ0n) is 11.4. The number of nitrogens with one attached hydrogen (secondary N) is 1. The summed E-state index contributed by atoms with van der Waals surface area (Å²) < 4.78 is 10.6. The molecule has 0 aromatic carbocycles. The second kappa shape index (κ2) is 5.85. The number of hydrogen-bond donors (Lipinski definition) is 2. The fourth-order valence-corrected chi connectivity index (χ4v) is 3.28. The van der Waals surface area contributed by atoms with Gasteiger partial charge in [-0.3, -0.25) is 0 Å². The van der Waals surface area contributed by atoms with E-state index in [0.29, 0.717) is 24.2 Å². The summed E-state index contributed by atoms with van der Waals surface area (Å²) in [5.41, 5.74) is 2.26. The summed E-state index contributed by atoms with van der Waals surface area (Å²) in [5.74, 6) is 0.587. The van der Waals surface area contributed by atoms with Crippen molar-refractivity contribution in [3.8, 4) is 5.88 Å². The first-order chi connectivity index (χ1) is 9.69.